The molecule has 0 amide bonds. The van der Waals surface area contributed by atoms with Gasteiger partial charge in [0.2, 0.25) is 6.43 Å². The van der Waals surface area contributed by atoms with Gasteiger partial charge in [0.1, 0.15) is 5.75 Å². The van der Waals surface area contributed by atoms with Crippen molar-refractivity contribution in [3.05, 3.63) is 171 Å². The first-order valence-corrected chi connectivity index (χ1v) is 23.6. The van der Waals surface area contributed by atoms with E-state index in [0.29, 0.717) is 66.8 Å². The molecule has 0 radical (unpaired) electrons. The van der Waals surface area contributed by atoms with E-state index in [1.807, 2.05) is 58.9 Å². The third-order valence-electron chi connectivity index (χ3n) is 10.3. The zero-order valence-electron chi connectivity index (χ0n) is 44.2. The summed E-state index contributed by atoms with van der Waals surface area (Å²) in [6.07, 6.45) is -22.3. The molecule has 418 valence electrons. The molecule has 5 aromatic carbocycles. The second-order valence-corrected chi connectivity index (χ2v) is 18.0. The minimum Gasteiger partial charge on any atom is -0.494 e. The fraction of sp³-hybridized carbons (Fsp3) is 0.474. The number of alkyl halides is 16. The second kappa shape index (κ2) is 34.4. The summed E-state index contributed by atoms with van der Waals surface area (Å²) in [5.74, 6) is 2.46. The molecule has 5 aromatic rings. The zero-order chi connectivity index (χ0) is 57.8. The van der Waals surface area contributed by atoms with Crippen LogP contribution in [0, 0.1) is 0 Å². The van der Waals surface area contributed by atoms with Gasteiger partial charge in [-0.3, -0.25) is 8.78 Å². The molecule has 0 unspecified atom stereocenters. The molecule has 0 atom stereocenters. The van der Waals surface area contributed by atoms with Crippen molar-refractivity contribution < 1.29 is 75.0 Å². The molecule has 0 saturated carbocycles. The molecular weight excluding hydrogens is 1000 g/mol. The van der Waals surface area contributed by atoms with Crippen LogP contribution in [0.3, 0.4) is 0 Å². The highest BCUT2D eigenvalue weighted by molar-refractivity contribution is 5.37. The molecular formula is C57H72F16O. The number of rotatable bonds is 11. The summed E-state index contributed by atoms with van der Waals surface area (Å²) in [6.45, 7) is 22.6. The summed E-state index contributed by atoms with van der Waals surface area (Å²) in [5, 5.41) is 0. The highest BCUT2D eigenvalue weighted by Gasteiger charge is 2.43. The van der Waals surface area contributed by atoms with Crippen molar-refractivity contribution in [2.45, 2.75) is 156 Å². The van der Waals surface area contributed by atoms with E-state index < -0.39 is 55.1 Å². The van der Waals surface area contributed by atoms with Crippen LogP contribution in [0.2, 0.25) is 0 Å². The summed E-state index contributed by atoms with van der Waals surface area (Å²) in [7, 11) is 1.00. The first kappa shape index (κ1) is 70.9. The molecule has 17 heteroatoms. The molecule has 0 bridgehead atoms. The van der Waals surface area contributed by atoms with Crippen molar-refractivity contribution in [2.75, 3.05) is 21.0 Å². The Morgan fingerprint density at radius 1 is 0.378 bits per heavy atom. The molecule has 0 aliphatic heterocycles. The molecule has 74 heavy (non-hydrogen) atoms. The van der Waals surface area contributed by atoms with Crippen LogP contribution >= 0.6 is 0 Å². The monoisotopic (exact) mass is 1080 g/mol. The number of halogens is 16. The topological polar surface area (TPSA) is 9.23 Å². The lowest BCUT2D eigenvalue weighted by Crippen LogP contribution is -2.17. The van der Waals surface area contributed by atoms with E-state index in [-0.39, 0.29) is 17.9 Å². The van der Waals surface area contributed by atoms with E-state index in [1.54, 1.807) is 74.5 Å². The SMILES string of the molecule is CC(C)c1ccc(C(F)(F)F)c(C(F)(F)F)c1.CC(C)c1ccc(CC(F)(F)F)cc1.CC(C)c1ccc(CC(F)(F)F)cc1.CC(C)c1ccc(CC(F)F)cc1.CCOc1cccc(C(C)C)c1.CF.CF. The predicted molar refractivity (Wildman–Crippen MR) is 267 cm³/mol. The van der Waals surface area contributed by atoms with E-state index in [1.165, 1.54) is 11.1 Å². The van der Waals surface area contributed by atoms with Gasteiger partial charge < -0.3 is 4.74 Å². The van der Waals surface area contributed by atoms with Gasteiger partial charge >= 0.3 is 24.7 Å². The number of benzene rings is 5. The Hall–Kier alpha value is -5.22. The first-order valence-electron chi connectivity index (χ1n) is 23.6. The molecule has 0 aromatic heterocycles. The van der Waals surface area contributed by atoms with E-state index in [4.69, 9.17) is 4.74 Å². The Morgan fingerprint density at radius 2 is 0.689 bits per heavy atom. The van der Waals surface area contributed by atoms with Crippen molar-refractivity contribution in [2.24, 2.45) is 0 Å². The number of ether oxygens (including phenoxy) is 1. The van der Waals surface area contributed by atoms with Gasteiger partial charge in [-0.25, -0.2) is 8.78 Å². The van der Waals surface area contributed by atoms with Crippen LogP contribution < -0.4 is 4.74 Å². The van der Waals surface area contributed by atoms with Gasteiger partial charge in [-0.15, -0.1) is 0 Å². The summed E-state index contributed by atoms with van der Waals surface area (Å²) >= 11 is 0. The fourth-order valence-electron chi connectivity index (χ4n) is 6.25. The minimum absolute atomic E-state index is 0.141. The molecule has 0 N–H and O–H groups in total. The fourth-order valence-corrected chi connectivity index (χ4v) is 6.25. The highest BCUT2D eigenvalue weighted by Crippen LogP contribution is 2.41. The van der Waals surface area contributed by atoms with Gasteiger partial charge in [-0.2, -0.15) is 52.7 Å². The average Bonchev–Trinajstić information content (AvgIpc) is 3.30. The lowest BCUT2D eigenvalue weighted by molar-refractivity contribution is -0.162. The summed E-state index contributed by atoms with van der Waals surface area (Å²) < 4.78 is 195. The Kier molecular flexibility index (Phi) is 32.9. The summed E-state index contributed by atoms with van der Waals surface area (Å²) in [6, 6.07) is 31.0. The maximum atomic E-state index is 12.5. The van der Waals surface area contributed by atoms with E-state index in [2.05, 4.69) is 39.8 Å². The third kappa shape index (κ3) is 30.9. The summed E-state index contributed by atoms with van der Waals surface area (Å²) in [4.78, 5) is 0. The molecule has 0 saturated heterocycles. The lowest BCUT2D eigenvalue weighted by Gasteiger charge is -2.17. The van der Waals surface area contributed by atoms with E-state index in [0.717, 1.165) is 29.5 Å². The average molecular weight is 1080 g/mol. The first-order chi connectivity index (χ1) is 34.1. The molecule has 0 aliphatic carbocycles. The standard InChI is InChI=1S/C11H10F6.2C11H13F3.C11H14F2.C11H16O.2CH3F/c1-6(2)7-3-4-8(10(12,13)14)9(5-7)11(15,16)17;2*1-8(2)10-5-3-9(4-6-10)7-11(12,13)14;1-8(2)10-5-3-9(4-6-10)7-11(12)13;1-4-12-11-7-5-6-10(8-11)9(2)3;2*1-2/h3-6H,1-2H3;2*3-6,8H,7H2,1-2H3;3-6,8,11H,7H2,1-2H3;5-9H,4H2,1-3H3;2*1H3. The van der Waals surface area contributed by atoms with Gasteiger partial charge in [0.25, 0.3) is 0 Å². The van der Waals surface area contributed by atoms with Crippen molar-refractivity contribution in [3.63, 3.8) is 0 Å². The van der Waals surface area contributed by atoms with Gasteiger partial charge in [-0.05, 0) is 105 Å². The van der Waals surface area contributed by atoms with Crippen molar-refractivity contribution in [1.82, 2.24) is 0 Å². The van der Waals surface area contributed by atoms with Crippen LogP contribution in [0.4, 0.5) is 70.2 Å². The largest absolute Gasteiger partial charge is 0.494 e. The van der Waals surface area contributed by atoms with E-state index in [9.17, 15) is 70.2 Å². The molecule has 0 spiro atoms. The Labute approximate surface area is 427 Å². The van der Waals surface area contributed by atoms with Crippen LogP contribution in [0.1, 0.15) is 161 Å². The predicted octanol–water partition coefficient (Wildman–Crippen LogP) is 20.7. The molecule has 1 nitrogen and oxygen atoms in total. The van der Waals surface area contributed by atoms with Crippen molar-refractivity contribution >= 4 is 0 Å². The second-order valence-electron chi connectivity index (χ2n) is 18.0. The van der Waals surface area contributed by atoms with Gasteiger partial charge in [0.05, 0.1) is 44.9 Å². The smallest absolute Gasteiger partial charge is 0.417 e. The quantitative estimate of drug-likeness (QED) is 0.120. The third-order valence-corrected chi connectivity index (χ3v) is 10.3. The summed E-state index contributed by atoms with van der Waals surface area (Å²) in [5.41, 5.74) is 2.96. The zero-order valence-corrected chi connectivity index (χ0v) is 44.2. The normalized spacial score (nSPS) is 11.4. The number of hydrogen-bond donors (Lipinski definition) is 0. The van der Waals surface area contributed by atoms with Crippen LogP contribution in [-0.4, -0.2) is 39.7 Å². The van der Waals surface area contributed by atoms with Crippen LogP contribution in [0.25, 0.3) is 0 Å². The molecule has 0 heterocycles. The molecule has 0 fully saturated rings. The Bertz CT molecular complexity index is 2140. The van der Waals surface area contributed by atoms with Crippen LogP contribution in [0.15, 0.2) is 115 Å². The Balaban J connectivity index is 0. The highest BCUT2D eigenvalue weighted by atomic mass is 19.4. The molecule has 5 rings (SSSR count). The van der Waals surface area contributed by atoms with Crippen molar-refractivity contribution in [3.8, 4) is 5.75 Å². The van der Waals surface area contributed by atoms with Crippen LogP contribution in [0.5, 0.6) is 5.75 Å². The Morgan fingerprint density at radius 3 is 0.973 bits per heavy atom. The molecule has 0 aliphatic rings. The van der Waals surface area contributed by atoms with Gasteiger partial charge in [-0.1, -0.05) is 160 Å². The number of hydrogen-bond acceptors (Lipinski definition) is 1. The van der Waals surface area contributed by atoms with Gasteiger partial charge in [0.15, 0.2) is 0 Å². The minimum atomic E-state index is -5.00. The maximum absolute atomic E-state index is 12.5. The van der Waals surface area contributed by atoms with E-state index >= 15 is 0 Å². The van der Waals surface area contributed by atoms with Crippen LogP contribution in [-0.2, 0) is 31.6 Å². The lowest BCUT2D eigenvalue weighted by atomic mass is 9.97. The van der Waals surface area contributed by atoms with Gasteiger partial charge in [0, 0.05) is 6.42 Å². The maximum Gasteiger partial charge on any atom is 0.417 e. The van der Waals surface area contributed by atoms with Crippen molar-refractivity contribution in [1.29, 1.82) is 0 Å².